The van der Waals surface area contributed by atoms with Crippen LogP contribution in [0.4, 0.5) is 0 Å². The summed E-state index contributed by atoms with van der Waals surface area (Å²) >= 11 is 8.10. The zero-order valence-electron chi connectivity index (χ0n) is 11.1. The predicted octanol–water partition coefficient (Wildman–Crippen LogP) is 4.65. The molecule has 20 heavy (non-hydrogen) atoms. The quantitative estimate of drug-likeness (QED) is 0.759. The molecule has 0 saturated carbocycles. The molecule has 2 heterocycles. The zero-order chi connectivity index (χ0) is 13.9. The van der Waals surface area contributed by atoms with Crippen molar-refractivity contribution in [3.63, 3.8) is 0 Å². The molecule has 1 aromatic carbocycles. The third kappa shape index (κ3) is 2.44. The molecule has 102 valence electrons. The summed E-state index contributed by atoms with van der Waals surface area (Å²) in [4.78, 5) is 4.08. The Bertz CT molecular complexity index is 723. The summed E-state index contributed by atoms with van der Waals surface area (Å²) < 4.78 is 1.31. The number of aromatic nitrogens is 1. The molecule has 1 atom stereocenters. The second-order valence-corrected chi connectivity index (χ2v) is 5.90. The Labute approximate surface area is 127 Å². The molecular formula is C16H15ClN2S. The Morgan fingerprint density at radius 1 is 1.25 bits per heavy atom. The van der Waals surface area contributed by atoms with E-state index in [1.807, 2.05) is 6.07 Å². The molecule has 0 aliphatic rings. The summed E-state index contributed by atoms with van der Waals surface area (Å²) in [7, 11) is 0. The van der Waals surface area contributed by atoms with Crippen molar-refractivity contribution in [3.8, 4) is 0 Å². The van der Waals surface area contributed by atoms with E-state index in [4.69, 9.17) is 11.6 Å². The third-order valence-electron chi connectivity index (χ3n) is 3.34. The van der Waals surface area contributed by atoms with Crippen LogP contribution in [0.2, 0.25) is 5.02 Å². The number of nitrogens with zero attached hydrogens (tertiary/aromatic N) is 1. The van der Waals surface area contributed by atoms with Gasteiger partial charge in [0.2, 0.25) is 0 Å². The molecule has 0 bridgehead atoms. The number of hydrogen-bond acceptors (Lipinski definition) is 3. The predicted molar refractivity (Wildman–Crippen MR) is 86.6 cm³/mol. The van der Waals surface area contributed by atoms with E-state index in [1.54, 1.807) is 23.7 Å². The van der Waals surface area contributed by atoms with E-state index in [0.29, 0.717) is 5.02 Å². The average molecular weight is 303 g/mol. The first-order chi connectivity index (χ1) is 9.81. The van der Waals surface area contributed by atoms with Crippen LogP contribution in [-0.4, -0.2) is 11.5 Å². The van der Waals surface area contributed by atoms with Crippen LogP contribution < -0.4 is 5.32 Å². The molecule has 0 aliphatic heterocycles. The summed E-state index contributed by atoms with van der Waals surface area (Å²) in [5.74, 6) is 0. The summed E-state index contributed by atoms with van der Waals surface area (Å²) in [5, 5.41) is 7.64. The average Bonchev–Trinajstić information content (AvgIpc) is 2.94. The zero-order valence-corrected chi connectivity index (χ0v) is 12.7. The number of benzene rings is 1. The second-order valence-electron chi connectivity index (χ2n) is 4.57. The van der Waals surface area contributed by atoms with E-state index >= 15 is 0 Å². The molecule has 3 rings (SSSR count). The lowest BCUT2D eigenvalue weighted by Gasteiger charge is -2.20. The van der Waals surface area contributed by atoms with Gasteiger partial charge in [0.25, 0.3) is 0 Å². The highest BCUT2D eigenvalue weighted by atomic mass is 35.5. The molecule has 2 nitrogen and oxygen atoms in total. The second kappa shape index (κ2) is 5.92. The minimum Gasteiger partial charge on any atom is -0.306 e. The molecule has 0 aliphatic carbocycles. The van der Waals surface area contributed by atoms with Gasteiger partial charge in [0.05, 0.1) is 11.1 Å². The smallest absolute Gasteiger partial charge is 0.0640 e. The maximum absolute atomic E-state index is 6.33. The van der Waals surface area contributed by atoms with Crippen LogP contribution in [0.5, 0.6) is 0 Å². The van der Waals surface area contributed by atoms with Gasteiger partial charge < -0.3 is 5.32 Å². The molecule has 1 N–H and O–H groups in total. The van der Waals surface area contributed by atoms with Crippen molar-refractivity contribution in [2.45, 2.75) is 13.0 Å². The molecule has 4 heteroatoms. The standard InChI is InChI=1S/C16H15ClN2S/c1-2-19-15(12-6-8-18-10-14(12)17)13-5-3-4-11-7-9-20-16(11)13/h3-10,15,19H,2H2,1H3. The van der Waals surface area contributed by atoms with Gasteiger partial charge in [0, 0.05) is 17.1 Å². The van der Waals surface area contributed by atoms with E-state index in [-0.39, 0.29) is 6.04 Å². The van der Waals surface area contributed by atoms with Crippen LogP contribution >= 0.6 is 22.9 Å². The van der Waals surface area contributed by atoms with Gasteiger partial charge in [-0.1, -0.05) is 36.7 Å². The number of halogens is 1. The monoisotopic (exact) mass is 302 g/mol. The normalized spacial score (nSPS) is 12.7. The third-order valence-corrected chi connectivity index (χ3v) is 4.64. The van der Waals surface area contributed by atoms with E-state index in [0.717, 1.165) is 12.1 Å². The minimum absolute atomic E-state index is 0.0952. The molecule has 3 aromatic rings. The molecule has 0 saturated heterocycles. The molecule has 0 radical (unpaired) electrons. The number of thiophene rings is 1. The number of pyridine rings is 1. The van der Waals surface area contributed by atoms with Crippen molar-refractivity contribution in [1.29, 1.82) is 0 Å². The Morgan fingerprint density at radius 2 is 2.15 bits per heavy atom. The van der Waals surface area contributed by atoms with Crippen LogP contribution in [0.3, 0.4) is 0 Å². The fraction of sp³-hybridized carbons (Fsp3) is 0.188. The summed E-state index contributed by atoms with van der Waals surface area (Å²) in [5.41, 5.74) is 2.34. The van der Waals surface area contributed by atoms with E-state index in [9.17, 15) is 0 Å². The number of nitrogens with one attached hydrogen (secondary N) is 1. The number of rotatable bonds is 4. The van der Waals surface area contributed by atoms with Gasteiger partial charge in [-0.2, -0.15) is 0 Å². The summed E-state index contributed by atoms with van der Waals surface area (Å²) in [6, 6.07) is 10.7. The first kappa shape index (κ1) is 13.6. The maximum Gasteiger partial charge on any atom is 0.0640 e. The first-order valence-electron chi connectivity index (χ1n) is 6.60. The molecule has 2 aromatic heterocycles. The van der Waals surface area contributed by atoms with Crippen LogP contribution in [-0.2, 0) is 0 Å². The molecule has 0 fully saturated rings. The van der Waals surface area contributed by atoms with Crippen molar-refractivity contribution in [1.82, 2.24) is 10.3 Å². The lowest BCUT2D eigenvalue weighted by atomic mass is 9.98. The highest BCUT2D eigenvalue weighted by Crippen LogP contribution is 2.34. The van der Waals surface area contributed by atoms with Gasteiger partial charge in [-0.25, -0.2) is 0 Å². The van der Waals surface area contributed by atoms with Gasteiger partial charge in [-0.3, -0.25) is 4.98 Å². The maximum atomic E-state index is 6.33. The molecule has 0 spiro atoms. The highest BCUT2D eigenvalue weighted by Gasteiger charge is 2.18. The van der Waals surface area contributed by atoms with Gasteiger partial charge in [0.1, 0.15) is 0 Å². The fourth-order valence-corrected chi connectivity index (χ4v) is 3.63. The molecule has 1 unspecified atom stereocenters. The van der Waals surface area contributed by atoms with Gasteiger partial charge >= 0.3 is 0 Å². The van der Waals surface area contributed by atoms with Gasteiger partial charge in [-0.15, -0.1) is 11.3 Å². The van der Waals surface area contributed by atoms with Gasteiger partial charge in [-0.05, 0) is 40.6 Å². The Hall–Kier alpha value is -1.42. The van der Waals surface area contributed by atoms with Gasteiger partial charge in [0.15, 0.2) is 0 Å². The summed E-state index contributed by atoms with van der Waals surface area (Å²) in [6.07, 6.45) is 3.50. The van der Waals surface area contributed by atoms with Crippen molar-refractivity contribution in [2.24, 2.45) is 0 Å². The van der Waals surface area contributed by atoms with E-state index < -0.39 is 0 Å². The van der Waals surface area contributed by atoms with Crippen molar-refractivity contribution in [3.05, 3.63) is 64.3 Å². The summed E-state index contributed by atoms with van der Waals surface area (Å²) in [6.45, 7) is 2.99. The highest BCUT2D eigenvalue weighted by molar-refractivity contribution is 7.17. The van der Waals surface area contributed by atoms with Crippen LogP contribution in [0.15, 0.2) is 48.1 Å². The number of hydrogen-bond donors (Lipinski definition) is 1. The van der Waals surface area contributed by atoms with E-state index in [1.165, 1.54) is 15.6 Å². The fourth-order valence-electron chi connectivity index (χ4n) is 2.46. The largest absolute Gasteiger partial charge is 0.306 e. The Balaban J connectivity index is 2.16. The van der Waals surface area contributed by atoms with Crippen molar-refractivity contribution >= 4 is 33.0 Å². The Kier molecular flexibility index (Phi) is 4.01. The first-order valence-corrected chi connectivity index (χ1v) is 7.86. The molecule has 0 amide bonds. The minimum atomic E-state index is 0.0952. The topological polar surface area (TPSA) is 24.9 Å². The SMILES string of the molecule is CCNC(c1ccncc1Cl)c1cccc2ccsc12. The van der Waals surface area contributed by atoms with Crippen molar-refractivity contribution < 1.29 is 0 Å². The lowest BCUT2D eigenvalue weighted by molar-refractivity contribution is 0.634. The van der Waals surface area contributed by atoms with Crippen molar-refractivity contribution in [2.75, 3.05) is 6.54 Å². The van der Waals surface area contributed by atoms with Crippen LogP contribution in [0.1, 0.15) is 24.1 Å². The number of fused-ring (bicyclic) bond motifs is 1. The van der Waals surface area contributed by atoms with Crippen LogP contribution in [0.25, 0.3) is 10.1 Å². The lowest BCUT2D eigenvalue weighted by Crippen LogP contribution is -2.22. The molecular weight excluding hydrogens is 288 g/mol. The van der Waals surface area contributed by atoms with Crippen LogP contribution in [0, 0.1) is 0 Å². The Morgan fingerprint density at radius 3 is 2.95 bits per heavy atom. The van der Waals surface area contributed by atoms with E-state index in [2.05, 4.69) is 46.9 Å².